The molecule has 3 nitrogen and oxygen atoms in total. The topological polar surface area (TPSA) is 23.6 Å². The normalized spacial score (nSPS) is 21.4. The molecule has 140 valence electrons. The number of hydrogen-bond donors (Lipinski definition) is 0. The van der Waals surface area contributed by atoms with Crippen molar-refractivity contribution in [3.8, 4) is 0 Å². The van der Waals surface area contributed by atoms with Gasteiger partial charge in [-0.2, -0.15) is 0 Å². The monoisotopic (exact) mass is 364 g/mol. The van der Waals surface area contributed by atoms with Gasteiger partial charge in [-0.25, -0.2) is 0 Å². The Morgan fingerprint density at radius 1 is 1.16 bits per heavy atom. The molecule has 1 heterocycles. The molecule has 1 fully saturated rings. The number of carbonyl (C=O) groups excluding carboxylic acids is 1. The molecule has 1 saturated heterocycles. The Morgan fingerprint density at radius 3 is 2.60 bits per heavy atom. The van der Waals surface area contributed by atoms with E-state index >= 15 is 0 Å². The molecule has 1 amide bonds. The predicted molar refractivity (Wildman–Crippen MR) is 107 cm³/mol. The van der Waals surface area contributed by atoms with E-state index in [1.807, 2.05) is 0 Å². The highest BCUT2D eigenvalue weighted by Crippen LogP contribution is 2.25. The molecule has 4 heteroatoms. The zero-order chi connectivity index (χ0) is 17.1. The maximum absolute atomic E-state index is 13.0. The van der Waals surface area contributed by atoms with E-state index in [0.29, 0.717) is 24.4 Å². The minimum absolute atomic E-state index is 0. The summed E-state index contributed by atoms with van der Waals surface area (Å²) in [5.74, 6) is 0.309. The first-order valence-corrected chi connectivity index (χ1v) is 9.63. The van der Waals surface area contributed by atoms with E-state index in [1.54, 1.807) is 0 Å². The molecule has 25 heavy (non-hydrogen) atoms. The van der Waals surface area contributed by atoms with Crippen molar-refractivity contribution in [2.75, 3.05) is 20.6 Å². The zero-order valence-corrected chi connectivity index (χ0v) is 16.8. The number of nitrogens with zero attached hydrogens (tertiary/aromatic N) is 2. The van der Waals surface area contributed by atoms with Crippen LogP contribution in [-0.4, -0.2) is 48.4 Å². The van der Waals surface area contributed by atoms with E-state index in [9.17, 15) is 4.79 Å². The Labute approximate surface area is 159 Å². The second-order valence-corrected chi connectivity index (χ2v) is 7.84. The first kappa shape index (κ1) is 20.3. The summed E-state index contributed by atoms with van der Waals surface area (Å²) in [5.41, 5.74) is 4.17. The number of rotatable bonds is 4. The second-order valence-electron chi connectivity index (χ2n) is 7.84. The molecule has 0 bridgehead atoms. The quantitative estimate of drug-likeness (QED) is 0.809. The highest BCUT2D eigenvalue weighted by molar-refractivity contribution is 5.85. The summed E-state index contributed by atoms with van der Waals surface area (Å²) < 4.78 is 0. The van der Waals surface area contributed by atoms with Gasteiger partial charge in [0.2, 0.25) is 5.91 Å². The molecule has 0 spiro atoms. The Morgan fingerprint density at radius 2 is 1.88 bits per heavy atom. The number of carbonyl (C=O) groups is 1. The van der Waals surface area contributed by atoms with E-state index in [4.69, 9.17) is 0 Å². The van der Waals surface area contributed by atoms with Crippen LogP contribution < -0.4 is 0 Å². The number of benzene rings is 1. The van der Waals surface area contributed by atoms with Crippen LogP contribution in [0.1, 0.15) is 55.7 Å². The van der Waals surface area contributed by atoms with Crippen molar-refractivity contribution in [1.82, 2.24) is 9.80 Å². The van der Waals surface area contributed by atoms with Gasteiger partial charge < -0.3 is 9.80 Å². The third kappa shape index (κ3) is 4.77. The highest BCUT2D eigenvalue weighted by atomic mass is 35.5. The van der Waals surface area contributed by atoms with Gasteiger partial charge in [0, 0.05) is 18.6 Å². The molecule has 0 aromatic heterocycles. The van der Waals surface area contributed by atoms with Gasteiger partial charge in [0.15, 0.2) is 0 Å². The number of fused-ring (bicyclic) bond motifs is 1. The number of aryl methyl sites for hydroxylation is 2. The van der Waals surface area contributed by atoms with Crippen molar-refractivity contribution < 1.29 is 4.79 Å². The van der Waals surface area contributed by atoms with Crippen LogP contribution in [0.15, 0.2) is 18.2 Å². The van der Waals surface area contributed by atoms with Gasteiger partial charge in [0.1, 0.15) is 0 Å². The fourth-order valence-corrected chi connectivity index (χ4v) is 4.29. The molecule has 0 radical (unpaired) electrons. The minimum atomic E-state index is 0. The van der Waals surface area contributed by atoms with Gasteiger partial charge in [0.05, 0.1) is 6.42 Å². The van der Waals surface area contributed by atoms with E-state index in [2.05, 4.69) is 49.0 Å². The van der Waals surface area contributed by atoms with Gasteiger partial charge >= 0.3 is 0 Å². The molecular weight excluding hydrogens is 332 g/mol. The van der Waals surface area contributed by atoms with E-state index in [0.717, 1.165) is 19.4 Å². The van der Waals surface area contributed by atoms with Crippen LogP contribution in [0, 0.1) is 0 Å². The molecule has 2 atom stereocenters. The summed E-state index contributed by atoms with van der Waals surface area (Å²) >= 11 is 0. The van der Waals surface area contributed by atoms with Gasteiger partial charge in [0.25, 0.3) is 0 Å². The second kappa shape index (κ2) is 9.05. The lowest BCUT2D eigenvalue weighted by molar-refractivity contribution is -0.135. The largest absolute Gasteiger partial charge is 0.338 e. The number of amides is 1. The Kier molecular flexibility index (Phi) is 7.33. The number of hydrogen-bond acceptors (Lipinski definition) is 2. The number of halogens is 1. The zero-order valence-electron chi connectivity index (χ0n) is 16.0. The lowest BCUT2D eigenvalue weighted by Gasteiger charge is -2.41. The maximum Gasteiger partial charge on any atom is 0.227 e. The molecule has 3 rings (SSSR count). The molecule has 1 aliphatic heterocycles. The van der Waals surface area contributed by atoms with E-state index in [1.165, 1.54) is 48.8 Å². The molecule has 0 saturated carbocycles. The lowest BCUT2D eigenvalue weighted by Crippen LogP contribution is -2.53. The number of piperidine rings is 1. The summed E-state index contributed by atoms with van der Waals surface area (Å²) in [7, 11) is 4.23. The van der Waals surface area contributed by atoms with Crippen molar-refractivity contribution in [1.29, 1.82) is 0 Å². The summed E-state index contributed by atoms with van der Waals surface area (Å²) in [6.45, 7) is 3.17. The Balaban J connectivity index is 0.00000225. The molecule has 2 unspecified atom stereocenters. The van der Waals surface area contributed by atoms with Gasteiger partial charge in [-0.3, -0.25) is 4.79 Å². The van der Waals surface area contributed by atoms with Crippen LogP contribution in [0.4, 0.5) is 0 Å². The summed E-state index contributed by atoms with van der Waals surface area (Å²) in [5, 5.41) is 0. The third-order valence-electron chi connectivity index (χ3n) is 6.01. The van der Waals surface area contributed by atoms with Crippen LogP contribution in [0.3, 0.4) is 0 Å². The molecular formula is C21H33ClN2O. The van der Waals surface area contributed by atoms with Crippen LogP contribution >= 0.6 is 12.4 Å². The SMILES string of the molecule is CC(C1CCCCN1C(=O)Cc1ccc2c(c1)CCCC2)N(C)C.Cl. The fraction of sp³-hybridized carbons (Fsp3) is 0.667. The fourth-order valence-electron chi connectivity index (χ4n) is 4.29. The van der Waals surface area contributed by atoms with Gasteiger partial charge in [-0.05, 0) is 82.7 Å². The van der Waals surface area contributed by atoms with Crippen LogP contribution in [0.25, 0.3) is 0 Å². The van der Waals surface area contributed by atoms with Crippen molar-refractivity contribution in [2.45, 2.75) is 70.4 Å². The molecule has 1 aromatic rings. The van der Waals surface area contributed by atoms with Gasteiger partial charge in [-0.15, -0.1) is 12.4 Å². The van der Waals surface area contributed by atoms with Crippen molar-refractivity contribution in [2.24, 2.45) is 0 Å². The lowest BCUT2D eigenvalue weighted by atomic mass is 9.89. The van der Waals surface area contributed by atoms with Crippen molar-refractivity contribution >= 4 is 18.3 Å². The van der Waals surface area contributed by atoms with E-state index < -0.39 is 0 Å². The first-order valence-electron chi connectivity index (χ1n) is 9.63. The number of likely N-dealkylation sites (N-methyl/N-ethyl adjacent to an activating group) is 1. The smallest absolute Gasteiger partial charge is 0.227 e. The average Bonchev–Trinajstić information content (AvgIpc) is 2.60. The molecule has 1 aliphatic carbocycles. The van der Waals surface area contributed by atoms with Crippen molar-refractivity contribution in [3.63, 3.8) is 0 Å². The van der Waals surface area contributed by atoms with Crippen LogP contribution in [0.2, 0.25) is 0 Å². The Hall–Kier alpha value is -1.06. The molecule has 1 aromatic carbocycles. The standard InChI is InChI=1S/C21H32N2O.ClH/c1-16(22(2)3)20-10-6-7-13-23(20)21(24)15-17-11-12-18-8-4-5-9-19(18)14-17;/h11-12,14,16,20H,4-10,13,15H2,1-3H3;1H. The van der Waals surface area contributed by atoms with Gasteiger partial charge in [-0.1, -0.05) is 18.2 Å². The molecule has 0 N–H and O–H groups in total. The highest BCUT2D eigenvalue weighted by Gasteiger charge is 2.31. The molecule has 2 aliphatic rings. The first-order chi connectivity index (χ1) is 11.6. The predicted octanol–water partition coefficient (Wildman–Crippen LogP) is 3.86. The number of likely N-dealkylation sites (tertiary alicyclic amines) is 1. The van der Waals surface area contributed by atoms with Crippen molar-refractivity contribution in [3.05, 3.63) is 34.9 Å². The summed E-state index contributed by atoms with van der Waals surface area (Å²) in [6.07, 6.45) is 9.07. The van der Waals surface area contributed by atoms with Crippen LogP contribution in [-0.2, 0) is 24.1 Å². The minimum Gasteiger partial charge on any atom is -0.338 e. The Bertz CT molecular complexity index is 587. The van der Waals surface area contributed by atoms with E-state index in [-0.39, 0.29) is 12.4 Å². The van der Waals surface area contributed by atoms with Crippen LogP contribution in [0.5, 0.6) is 0 Å². The third-order valence-corrected chi connectivity index (χ3v) is 6.01. The average molecular weight is 365 g/mol. The summed E-state index contributed by atoms with van der Waals surface area (Å²) in [4.78, 5) is 17.4. The summed E-state index contributed by atoms with van der Waals surface area (Å²) in [6, 6.07) is 7.50. The maximum atomic E-state index is 13.0.